The number of amides is 2. The van der Waals surface area contributed by atoms with E-state index in [2.05, 4.69) is 9.97 Å². The Labute approximate surface area is 178 Å². The predicted molar refractivity (Wildman–Crippen MR) is 117 cm³/mol. The number of para-hydroxylation sites is 1. The number of carbonyl (C=O) groups is 3. The number of imide groups is 1. The fourth-order valence-electron chi connectivity index (χ4n) is 4.14. The molecule has 31 heavy (non-hydrogen) atoms. The molecule has 0 unspecified atom stereocenters. The number of ketones is 1. The molecule has 0 N–H and O–H groups in total. The predicted octanol–water partition coefficient (Wildman–Crippen LogP) is 4.23. The van der Waals surface area contributed by atoms with Crippen LogP contribution in [0, 0.1) is 0 Å². The van der Waals surface area contributed by atoms with Crippen LogP contribution >= 0.6 is 0 Å². The summed E-state index contributed by atoms with van der Waals surface area (Å²) in [4.78, 5) is 49.5. The van der Waals surface area contributed by atoms with Crippen molar-refractivity contribution in [3.63, 3.8) is 0 Å². The van der Waals surface area contributed by atoms with E-state index in [4.69, 9.17) is 0 Å². The molecule has 0 fully saturated rings. The number of nitrogens with zero attached hydrogens (tertiary/aromatic N) is 3. The first-order chi connectivity index (χ1) is 15.1. The summed E-state index contributed by atoms with van der Waals surface area (Å²) in [5.41, 5.74) is 3.71. The Morgan fingerprint density at radius 2 is 1.35 bits per heavy atom. The van der Waals surface area contributed by atoms with Crippen LogP contribution in [0.2, 0.25) is 0 Å². The van der Waals surface area contributed by atoms with E-state index in [1.54, 1.807) is 30.5 Å². The second-order valence-electron chi connectivity index (χ2n) is 7.38. The van der Waals surface area contributed by atoms with Gasteiger partial charge in [-0.3, -0.25) is 24.4 Å². The first kappa shape index (κ1) is 18.8. The molecule has 6 nitrogen and oxygen atoms in total. The maximum Gasteiger partial charge on any atom is 0.266 e. The molecule has 0 spiro atoms. The Kier molecular flexibility index (Phi) is 4.40. The molecule has 0 bridgehead atoms. The standard InChI is InChI=1S/C25H17N3O3/c1-15(29)14-18-20-21(25(31)28(24(20)30)17-10-6-3-7-11-17)19(16-8-4-2-5-9-16)23-22(18)26-12-13-27-23/h2-13H,14H2,1H3. The molecule has 1 aliphatic heterocycles. The Hall–Kier alpha value is -4.19. The molecular weight excluding hydrogens is 390 g/mol. The van der Waals surface area contributed by atoms with Crippen LogP contribution in [-0.4, -0.2) is 27.6 Å². The molecule has 1 aliphatic rings. The number of rotatable bonds is 4. The molecule has 4 aromatic rings. The van der Waals surface area contributed by atoms with Crippen LogP contribution < -0.4 is 4.90 Å². The summed E-state index contributed by atoms with van der Waals surface area (Å²) in [6.45, 7) is 1.45. The maximum absolute atomic E-state index is 13.7. The van der Waals surface area contributed by atoms with Gasteiger partial charge in [0.25, 0.3) is 11.8 Å². The monoisotopic (exact) mass is 407 g/mol. The van der Waals surface area contributed by atoms with Gasteiger partial charge in [-0.15, -0.1) is 0 Å². The third-order valence-corrected chi connectivity index (χ3v) is 5.36. The molecule has 0 radical (unpaired) electrons. The number of anilines is 1. The lowest BCUT2D eigenvalue weighted by Gasteiger charge is -2.14. The number of benzene rings is 3. The highest BCUT2D eigenvalue weighted by atomic mass is 16.2. The van der Waals surface area contributed by atoms with Crippen molar-refractivity contribution in [3.05, 3.63) is 89.7 Å². The van der Waals surface area contributed by atoms with Gasteiger partial charge in [0.05, 0.1) is 27.8 Å². The van der Waals surface area contributed by atoms with Gasteiger partial charge in [0.1, 0.15) is 5.78 Å². The van der Waals surface area contributed by atoms with E-state index < -0.39 is 11.8 Å². The Balaban J connectivity index is 1.91. The number of carbonyl (C=O) groups excluding carboxylic acids is 3. The summed E-state index contributed by atoms with van der Waals surface area (Å²) >= 11 is 0. The van der Waals surface area contributed by atoms with Gasteiger partial charge in [-0.25, -0.2) is 4.90 Å². The number of hydrogen-bond donors (Lipinski definition) is 0. The van der Waals surface area contributed by atoms with Crippen molar-refractivity contribution < 1.29 is 14.4 Å². The quantitative estimate of drug-likeness (QED) is 0.473. The minimum Gasteiger partial charge on any atom is -0.300 e. The van der Waals surface area contributed by atoms with Crippen LogP contribution in [0.25, 0.3) is 22.2 Å². The van der Waals surface area contributed by atoms with E-state index in [1.165, 1.54) is 18.0 Å². The van der Waals surface area contributed by atoms with Crippen molar-refractivity contribution >= 4 is 34.3 Å². The van der Waals surface area contributed by atoms with Gasteiger partial charge < -0.3 is 0 Å². The van der Waals surface area contributed by atoms with Crippen molar-refractivity contribution in [3.8, 4) is 11.1 Å². The van der Waals surface area contributed by atoms with E-state index in [0.29, 0.717) is 27.8 Å². The van der Waals surface area contributed by atoms with Gasteiger partial charge in [0, 0.05) is 29.9 Å². The fourth-order valence-corrected chi connectivity index (χ4v) is 4.14. The molecule has 6 heteroatoms. The molecular formula is C25H17N3O3. The molecule has 3 aromatic carbocycles. The van der Waals surface area contributed by atoms with E-state index in [0.717, 1.165) is 5.56 Å². The third-order valence-electron chi connectivity index (χ3n) is 5.36. The molecule has 5 rings (SSSR count). The van der Waals surface area contributed by atoms with Crippen LogP contribution in [-0.2, 0) is 11.2 Å². The average molecular weight is 407 g/mol. The molecule has 0 saturated carbocycles. The minimum atomic E-state index is -0.452. The molecule has 0 atom stereocenters. The summed E-state index contributed by atoms with van der Waals surface area (Å²) in [7, 11) is 0. The summed E-state index contributed by atoms with van der Waals surface area (Å²) in [6, 6.07) is 18.1. The first-order valence-electron chi connectivity index (χ1n) is 9.86. The van der Waals surface area contributed by atoms with Crippen molar-refractivity contribution in [2.24, 2.45) is 0 Å². The number of fused-ring (bicyclic) bond motifs is 2. The Morgan fingerprint density at radius 3 is 2.00 bits per heavy atom. The normalized spacial score (nSPS) is 13.0. The average Bonchev–Trinajstić information content (AvgIpc) is 3.05. The highest BCUT2D eigenvalue weighted by Crippen LogP contribution is 2.41. The SMILES string of the molecule is CC(=O)Cc1c2c(c(-c3ccccc3)c3nccnc13)C(=O)N(c1ccccc1)C2=O. The lowest BCUT2D eigenvalue weighted by atomic mass is 9.89. The summed E-state index contributed by atoms with van der Waals surface area (Å²) in [5, 5.41) is 0. The lowest BCUT2D eigenvalue weighted by molar-refractivity contribution is -0.116. The summed E-state index contributed by atoms with van der Waals surface area (Å²) in [5.74, 6) is -1.00. The zero-order valence-corrected chi connectivity index (χ0v) is 16.7. The first-order valence-corrected chi connectivity index (χ1v) is 9.86. The van der Waals surface area contributed by atoms with Crippen molar-refractivity contribution in [1.29, 1.82) is 0 Å². The third kappa shape index (κ3) is 2.92. The molecule has 0 aliphatic carbocycles. The van der Waals surface area contributed by atoms with Gasteiger partial charge in [-0.1, -0.05) is 48.5 Å². The fraction of sp³-hybridized carbons (Fsp3) is 0.0800. The molecule has 150 valence electrons. The van der Waals surface area contributed by atoms with E-state index in [9.17, 15) is 14.4 Å². The molecule has 1 aromatic heterocycles. The highest BCUT2D eigenvalue weighted by Gasteiger charge is 2.42. The molecule has 0 saturated heterocycles. The van der Waals surface area contributed by atoms with Gasteiger partial charge in [-0.2, -0.15) is 0 Å². The largest absolute Gasteiger partial charge is 0.300 e. The van der Waals surface area contributed by atoms with Crippen LogP contribution in [0.1, 0.15) is 33.2 Å². The van der Waals surface area contributed by atoms with Crippen LogP contribution in [0.4, 0.5) is 5.69 Å². The van der Waals surface area contributed by atoms with Crippen molar-refractivity contribution in [2.75, 3.05) is 4.90 Å². The van der Waals surface area contributed by atoms with E-state index in [1.807, 2.05) is 36.4 Å². The number of Topliss-reactive ketones (excluding diaryl/α,β-unsaturated/α-hetero) is 1. The Morgan fingerprint density at radius 1 is 0.774 bits per heavy atom. The minimum absolute atomic E-state index is 0.00571. The lowest BCUT2D eigenvalue weighted by Crippen LogP contribution is -2.29. The summed E-state index contributed by atoms with van der Waals surface area (Å²) in [6.07, 6.45) is 3.08. The van der Waals surface area contributed by atoms with E-state index in [-0.39, 0.29) is 23.3 Å². The topological polar surface area (TPSA) is 80.2 Å². The van der Waals surface area contributed by atoms with Gasteiger partial charge in [0.2, 0.25) is 0 Å². The number of hydrogen-bond acceptors (Lipinski definition) is 5. The van der Waals surface area contributed by atoms with Gasteiger partial charge in [0.15, 0.2) is 0 Å². The smallest absolute Gasteiger partial charge is 0.266 e. The number of aromatic nitrogens is 2. The van der Waals surface area contributed by atoms with Crippen LogP contribution in [0.15, 0.2) is 73.1 Å². The second kappa shape index (κ2) is 7.25. The highest BCUT2D eigenvalue weighted by molar-refractivity contribution is 6.38. The van der Waals surface area contributed by atoms with E-state index >= 15 is 0 Å². The van der Waals surface area contributed by atoms with Crippen molar-refractivity contribution in [2.45, 2.75) is 13.3 Å². The maximum atomic E-state index is 13.7. The van der Waals surface area contributed by atoms with Crippen LogP contribution in [0.5, 0.6) is 0 Å². The Bertz CT molecular complexity index is 1370. The zero-order valence-electron chi connectivity index (χ0n) is 16.7. The van der Waals surface area contributed by atoms with Gasteiger partial charge >= 0.3 is 0 Å². The van der Waals surface area contributed by atoms with Gasteiger partial charge in [-0.05, 0) is 24.6 Å². The molecule has 2 amide bonds. The second-order valence-corrected chi connectivity index (χ2v) is 7.38. The van der Waals surface area contributed by atoms with Crippen LogP contribution in [0.3, 0.4) is 0 Å². The zero-order chi connectivity index (χ0) is 21.5. The summed E-state index contributed by atoms with van der Waals surface area (Å²) < 4.78 is 0. The molecule has 2 heterocycles. The van der Waals surface area contributed by atoms with Crippen molar-refractivity contribution in [1.82, 2.24) is 9.97 Å².